The molecule has 1 aliphatic carbocycles. The highest BCUT2D eigenvalue weighted by Crippen LogP contribution is 2.38. The summed E-state index contributed by atoms with van der Waals surface area (Å²) in [5, 5.41) is 8.29. The van der Waals surface area contributed by atoms with Gasteiger partial charge in [0.05, 0.1) is 15.9 Å². The highest BCUT2D eigenvalue weighted by molar-refractivity contribution is 9.10. The van der Waals surface area contributed by atoms with Gasteiger partial charge in [-0.3, -0.25) is 4.68 Å². The van der Waals surface area contributed by atoms with Crippen LogP contribution < -0.4 is 5.32 Å². The predicted octanol–water partition coefficient (Wildman–Crippen LogP) is 3.80. The Balaban J connectivity index is 1.97. The lowest BCUT2D eigenvalue weighted by Gasteiger charge is -2.37. The van der Waals surface area contributed by atoms with Crippen LogP contribution in [0.4, 0.5) is 0 Å². The zero-order chi connectivity index (χ0) is 14.5. The molecule has 0 aliphatic heterocycles. The molecule has 3 nitrogen and oxygen atoms in total. The van der Waals surface area contributed by atoms with Crippen molar-refractivity contribution in [1.82, 2.24) is 15.1 Å². The van der Waals surface area contributed by atoms with Crippen molar-refractivity contribution in [2.45, 2.75) is 59.4 Å². The molecule has 1 N–H and O–H groups in total. The molecule has 1 aromatic heterocycles. The Kier molecular flexibility index (Phi) is 6.09. The smallest absolute Gasteiger partial charge is 0.0766 e. The minimum atomic E-state index is 0.836. The summed E-state index contributed by atoms with van der Waals surface area (Å²) in [6, 6.07) is 0. The summed E-state index contributed by atoms with van der Waals surface area (Å²) < 4.78 is 3.45. The fourth-order valence-corrected chi connectivity index (χ4v) is 3.83. The molecule has 0 spiro atoms. The number of aryl methyl sites for hydroxylation is 2. The third-order valence-corrected chi connectivity index (χ3v) is 5.47. The van der Waals surface area contributed by atoms with Crippen molar-refractivity contribution in [3.63, 3.8) is 0 Å². The quantitative estimate of drug-likeness (QED) is 0.729. The molecule has 0 aromatic carbocycles. The Bertz CT molecular complexity index is 428. The molecule has 0 amide bonds. The molecule has 1 saturated carbocycles. The standard InChI is InChI=1S/C16H28BrN3/c1-4-9-18-11-13-8-7-12(13)10-15-16(17)14(5-2)19-20(15)6-3/h12-13,18H,4-11H2,1-3H3. The van der Waals surface area contributed by atoms with Gasteiger partial charge >= 0.3 is 0 Å². The molecule has 0 bridgehead atoms. The maximum Gasteiger partial charge on any atom is 0.0766 e. The average molecular weight is 342 g/mol. The molecule has 2 unspecified atom stereocenters. The van der Waals surface area contributed by atoms with E-state index in [4.69, 9.17) is 5.10 Å². The zero-order valence-corrected chi connectivity index (χ0v) is 14.7. The fourth-order valence-electron chi connectivity index (χ4n) is 3.10. The van der Waals surface area contributed by atoms with Gasteiger partial charge < -0.3 is 5.32 Å². The van der Waals surface area contributed by atoms with Crippen molar-refractivity contribution in [3.8, 4) is 0 Å². The van der Waals surface area contributed by atoms with E-state index in [0.29, 0.717) is 0 Å². The van der Waals surface area contributed by atoms with E-state index in [0.717, 1.165) is 31.3 Å². The van der Waals surface area contributed by atoms with Crippen molar-refractivity contribution >= 4 is 15.9 Å². The largest absolute Gasteiger partial charge is 0.316 e. The molecule has 0 radical (unpaired) electrons. The summed E-state index contributed by atoms with van der Waals surface area (Å²) in [5.74, 6) is 1.70. The van der Waals surface area contributed by atoms with Gasteiger partial charge in [-0.2, -0.15) is 5.10 Å². The summed E-state index contributed by atoms with van der Waals surface area (Å²) in [7, 11) is 0. The maximum absolute atomic E-state index is 4.71. The minimum Gasteiger partial charge on any atom is -0.316 e. The second kappa shape index (κ2) is 7.60. The van der Waals surface area contributed by atoms with E-state index in [2.05, 4.69) is 46.7 Å². The molecule has 2 atom stereocenters. The van der Waals surface area contributed by atoms with E-state index < -0.39 is 0 Å². The van der Waals surface area contributed by atoms with Crippen LogP contribution in [0.3, 0.4) is 0 Å². The first kappa shape index (κ1) is 16.0. The molecule has 1 aliphatic rings. The van der Waals surface area contributed by atoms with E-state index in [9.17, 15) is 0 Å². The maximum atomic E-state index is 4.71. The van der Waals surface area contributed by atoms with E-state index in [-0.39, 0.29) is 0 Å². The lowest BCUT2D eigenvalue weighted by Crippen LogP contribution is -2.37. The van der Waals surface area contributed by atoms with Crippen LogP contribution in [0.1, 0.15) is 51.4 Å². The Morgan fingerprint density at radius 2 is 2.00 bits per heavy atom. The lowest BCUT2D eigenvalue weighted by molar-refractivity contribution is 0.168. The van der Waals surface area contributed by atoms with Gasteiger partial charge in [0, 0.05) is 6.54 Å². The van der Waals surface area contributed by atoms with Gasteiger partial charge in [0.2, 0.25) is 0 Å². The van der Waals surface area contributed by atoms with Crippen LogP contribution in [0.2, 0.25) is 0 Å². The number of nitrogens with one attached hydrogen (secondary N) is 1. The van der Waals surface area contributed by atoms with Gasteiger partial charge in [-0.05, 0) is 79.9 Å². The summed E-state index contributed by atoms with van der Waals surface area (Å²) in [6.45, 7) is 9.91. The van der Waals surface area contributed by atoms with Crippen LogP contribution in [-0.2, 0) is 19.4 Å². The van der Waals surface area contributed by atoms with Gasteiger partial charge in [0.25, 0.3) is 0 Å². The molecule has 0 saturated heterocycles. The Labute approximate surface area is 131 Å². The molecule has 1 heterocycles. The molecule has 1 fully saturated rings. The van der Waals surface area contributed by atoms with Crippen molar-refractivity contribution in [1.29, 1.82) is 0 Å². The van der Waals surface area contributed by atoms with Gasteiger partial charge in [-0.25, -0.2) is 0 Å². The van der Waals surface area contributed by atoms with Crippen molar-refractivity contribution in [2.75, 3.05) is 13.1 Å². The van der Waals surface area contributed by atoms with Crippen LogP contribution in [0.15, 0.2) is 4.47 Å². The van der Waals surface area contributed by atoms with Crippen LogP contribution >= 0.6 is 15.9 Å². The number of hydrogen-bond donors (Lipinski definition) is 1. The normalized spacial score (nSPS) is 22.0. The van der Waals surface area contributed by atoms with Gasteiger partial charge in [0.15, 0.2) is 0 Å². The van der Waals surface area contributed by atoms with Gasteiger partial charge in [-0.1, -0.05) is 13.8 Å². The Morgan fingerprint density at radius 3 is 2.55 bits per heavy atom. The Hall–Kier alpha value is -0.350. The second-order valence-corrected chi connectivity index (χ2v) is 6.68. The SMILES string of the molecule is CCCNCC1CCC1Cc1c(Br)c(CC)nn1CC. The molecular formula is C16H28BrN3. The molecule has 1 aromatic rings. The topological polar surface area (TPSA) is 29.9 Å². The zero-order valence-electron chi connectivity index (χ0n) is 13.1. The van der Waals surface area contributed by atoms with E-state index in [1.54, 1.807) is 0 Å². The monoisotopic (exact) mass is 341 g/mol. The van der Waals surface area contributed by atoms with Crippen molar-refractivity contribution < 1.29 is 0 Å². The first-order valence-corrected chi connectivity index (χ1v) is 8.95. The lowest BCUT2D eigenvalue weighted by atomic mass is 9.71. The van der Waals surface area contributed by atoms with Crippen molar-refractivity contribution in [3.05, 3.63) is 15.9 Å². The van der Waals surface area contributed by atoms with Crippen LogP contribution in [0.25, 0.3) is 0 Å². The molecule has 2 rings (SSSR count). The Morgan fingerprint density at radius 1 is 1.25 bits per heavy atom. The number of halogens is 1. The fraction of sp³-hybridized carbons (Fsp3) is 0.812. The number of nitrogens with zero attached hydrogens (tertiary/aromatic N) is 2. The molecule has 20 heavy (non-hydrogen) atoms. The van der Waals surface area contributed by atoms with Gasteiger partial charge in [0.1, 0.15) is 0 Å². The minimum absolute atomic E-state index is 0.836. The number of aromatic nitrogens is 2. The highest BCUT2D eigenvalue weighted by atomic mass is 79.9. The number of rotatable bonds is 8. The highest BCUT2D eigenvalue weighted by Gasteiger charge is 2.32. The number of hydrogen-bond acceptors (Lipinski definition) is 2. The second-order valence-electron chi connectivity index (χ2n) is 5.88. The summed E-state index contributed by atoms with van der Waals surface area (Å²) >= 11 is 3.77. The third kappa shape index (κ3) is 3.45. The first-order chi connectivity index (χ1) is 9.71. The van der Waals surface area contributed by atoms with E-state index >= 15 is 0 Å². The molecule has 114 valence electrons. The van der Waals surface area contributed by atoms with Crippen LogP contribution in [-0.4, -0.2) is 22.9 Å². The van der Waals surface area contributed by atoms with Crippen LogP contribution in [0.5, 0.6) is 0 Å². The van der Waals surface area contributed by atoms with E-state index in [1.165, 1.54) is 48.1 Å². The summed E-state index contributed by atoms with van der Waals surface area (Å²) in [5.41, 5.74) is 2.62. The van der Waals surface area contributed by atoms with Crippen LogP contribution in [0, 0.1) is 11.8 Å². The molecule has 4 heteroatoms. The van der Waals surface area contributed by atoms with Gasteiger partial charge in [-0.15, -0.1) is 0 Å². The molecular weight excluding hydrogens is 314 g/mol. The predicted molar refractivity (Wildman–Crippen MR) is 88.1 cm³/mol. The summed E-state index contributed by atoms with van der Waals surface area (Å²) in [6.07, 6.45) is 6.18. The average Bonchev–Trinajstić information content (AvgIpc) is 2.75. The first-order valence-electron chi connectivity index (χ1n) is 8.15. The van der Waals surface area contributed by atoms with E-state index in [1.807, 2.05) is 0 Å². The van der Waals surface area contributed by atoms with Crippen molar-refractivity contribution in [2.24, 2.45) is 11.8 Å². The summed E-state index contributed by atoms with van der Waals surface area (Å²) in [4.78, 5) is 0. The third-order valence-electron chi connectivity index (χ3n) is 4.56.